The maximum atomic E-state index is 13.2. The van der Waals surface area contributed by atoms with Gasteiger partial charge in [-0.1, -0.05) is 42.3 Å². The van der Waals surface area contributed by atoms with E-state index in [0.717, 1.165) is 16.6 Å². The Labute approximate surface area is 208 Å². The van der Waals surface area contributed by atoms with E-state index in [4.69, 9.17) is 32.9 Å². The summed E-state index contributed by atoms with van der Waals surface area (Å²) in [6.45, 7) is 5.75. The van der Waals surface area contributed by atoms with Crippen molar-refractivity contribution in [2.75, 3.05) is 38.2 Å². The highest BCUT2D eigenvalue weighted by Crippen LogP contribution is 2.33. The number of hydrogen-bond donors (Lipinski definition) is 0. The number of sulfonamides is 1. The van der Waals surface area contributed by atoms with Crippen LogP contribution in [-0.4, -0.2) is 51.0 Å². The van der Waals surface area contributed by atoms with Crippen LogP contribution in [0.1, 0.15) is 29.7 Å². The van der Waals surface area contributed by atoms with E-state index < -0.39 is 10.0 Å². The Bertz CT molecular complexity index is 1240. The van der Waals surface area contributed by atoms with Gasteiger partial charge in [-0.05, 0) is 42.3 Å². The van der Waals surface area contributed by atoms with E-state index in [2.05, 4.69) is 29.3 Å². The van der Waals surface area contributed by atoms with Gasteiger partial charge >= 0.3 is 0 Å². The molecule has 0 spiro atoms. The third kappa shape index (κ3) is 5.00. The van der Waals surface area contributed by atoms with Crippen LogP contribution in [0, 0.1) is 6.92 Å². The second-order valence-corrected chi connectivity index (χ2v) is 11.5. The van der Waals surface area contributed by atoms with Crippen LogP contribution in [-0.2, 0) is 10.0 Å². The molecule has 1 atom stereocenters. The highest BCUT2D eigenvalue weighted by molar-refractivity contribution is 7.89. The molecule has 2 heterocycles. The molecule has 3 aromatic rings. The number of nitrogens with zero attached hydrogens (tertiary/aromatic N) is 3. The van der Waals surface area contributed by atoms with Gasteiger partial charge in [0.1, 0.15) is 10.6 Å². The molecule has 2 aromatic carbocycles. The Morgan fingerprint density at radius 1 is 1.06 bits per heavy atom. The summed E-state index contributed by atoms with van der Waals surface area (Å²) in [6.07, 6.45) is 0. The number of rotatable bonds is 6. The van der Waals surface area contributed by atoms with Gasteiger partial charge in [0.25, 0.3) is 0 Å². The number of thiazole rings is 1. The molecule has 0 N–H and O–H groups in total. The van der Waals surface area contributed by atoms with Crippen molar-refractivity contribution in [2.24, 2.45) is 0 Å². The summed E-state index contributed by atoms with van der Waals surface area (Å²) in [5.74, 6) is 0.977. The molecular formula is C23H25Cl2N3O3S2. The minimum absolute atomic E-state index is 0.101. The Morgan fingerprint density at radius 2 is 1.73 bits per heavy atom. The van der Waals surface area contributed by atoms with Crippen LogP contribution in [0.5, 0.6) is 5.75 Å². The quantitative estimate of drug-likeness (QED) is 0.429. The predicted molar refractivity (Wildman–Crippen MR) is 135 cm³/mol. The topological polar surface area (TPSA) is 62.7 Å². The van der Waals surface area contributed by atoms with Gasteiger partial charge in [-0.3, -0.25) is 0 Å². The van der Waals surface area contributed by atoms with Gasteiger partial charge in [-0.25, -0.2) is 13.4 Å². The SMILES string of the molecule is COc1ccc(C(C)c2csc(N3CCN(S(=O)(=O)c4cc(C)c(Cl)cc4Cl)CC3)n2)cc1. The van der Waals surface area contributed by atoms with E-state index in [0.29, 0.717) is 36.8 Å². The van der Waals surface area contributed by atoms with Gasteiger partial charge in [0.2, 0.25) is 10.0 Å². The van der Waals surface area contributed by atoms with Crippen LogP contribution in [0.4, 0.5) is 5.13 Å². The first kappa shape index (κ1) is 24.3. The summed E-state index contributed by atoms with van der Waals surface area (Å²) in [7, 11) is -2.04. The fourth-order valence-electron chi connectivity index (χ4n) is 3.77. The molecule has 1 unspecified atom stereocenters. The molecule has 1 aliphatic rings. The van der Waals surface area contributed by atoms with Crippen LogP contribution in [0.2, 0.25) is 10.0 Å². The highest BCUT2D eigenvalue weighted by Gasteiger charge is 2.31. The Morgan fingerprint density at radius 3 is 2.36 bits per heavy atom. The Kier molecular flexibility index (Phi) is 7.21. The lowest BCUT2D eigenvalue weighted by Crippen LogP contribution is -2.48. The van der Waals surface area contributed by atoms with E-state index >= 15 is 0 Å². The molecule has 6 nitrogen and oxygen atoms in total. The first-order chi connectivity index (χ1) is 15.7. The predicted octanol–water partition coefficient (Wildman–Crippen LogP) is 5.43. The van der Waals surface area contributed by atoms with E-state index in [-0.39, 0.29) is 15.8 Å². The van der Waals surface area contributed by atoms with Crippen molar-refractivity contribution in [3.63, 3.8) is 0 Å². The van der Waals surface area contributed by atoms with Crippen molar-refractivity contribution in [2.45, 2.75) is 24.7 Å². The number of piperazine rings is 1. The molecule has 33 heavy (non-hydrogen) atoms. The summed E-state index contributed by atoms with van der Waals surface area (Å²) in [5.41, 5.74) is 2.84. The number of aromatic nitrogens is 1. The third-order valence-electron chi connectivity index (χ3n) is 5.91. The third-order valence-corrected chi connectivity index (χ3v) is 9.60. The highest BCUT2D eigenvalue weighted by atomic mass is 35.5. The normalized spacial score (nSPS) is 16.1. The first-order valence-electron chi connectivity index (χ1n) is 10.5. The van der Waals surface area contributed by atoms with Crippen LogP contribution < -0.4 is 9.64 Å². The van der Waals surface area contributed by atoms with Crippen LogP contribution in [0.15, 0.2) is 46.7 Å². The monoisotopic (exact) mass is 525 g/mol. The fourth-order valence-corrected chi connectivity index (χ4v) is 6.97. The molecule has 0 saturated carbocycles. The average Bonchev–Trinajstić information content (AvgIpc) is 3.31. The second-order valence-electron chi connectivity index (χ2n) is 7.97. The number of methoxy groups -OCH3 is 1. The Balaban J connectivity index is 1.44. The zero-order valence-electron chi connectivity index (χ0n) is 18.6. The minimum Gasteiger partial charge on any atom is -0.497 e. The zero-order chi connectivity index (χ0) is 23.8. The maximum absolute atomic E-state index is 13.2. The summed E-state index contributed by atoms with van der Waals surface area (Å²) in [5, 5.41) is 3.57. The van der Waals surface area contributed by atoms with Crippen LogP contribution in [0.25, 0.3) is 0 Å². The molecule has 4 rings (SSSR count). The van der Waals surface area contributed by atoms with E-state index in [9.17, 15) is 8.42 Å². The molecule has 1 fully saturated rings. The summed E-state index contributed by atoms with van der Waals surface area (Å²) >= 11 is 13.9. The molecule has 0 aliphatic carbocycles. The van der Waals surface area contributed by atoms with Crippen LogP contribution >= 0.6 is 34.5 Å². The number of hydrogen-bond acceptors (Lipinski definition) is 6. The lowest BCUT2D eigenvalue weighted by molar-refractivity contribution is 0.384. The standard InChI is InChI=1S/C23H25Cl2N3O3S2/c1-15-12-22(20(25)13-19(15)24)33(29,30)28-10-8-27(9-11-28)23-26-21(14-32-23)16(2)17-4-6-18(31-3)7-5-17/h4-7,12-14,16H,8-11H2,1-3H3. The minimum atomic E-state index is -3.70. The smallest absolute Gasteiger partial charge is 0.244 e. The zero-order valence-corrected chi connectivity index (χ0v) is 21.7. The van der Waals surface area contributed by atoms with E-state index in [1.54, 1.807) is 31.4 Å². The van der Waals surface area contributed by atoms with Crippen molar-refractivity contribution in [1.29, 1.82) is 0 Å². The van der Waals surface area contributed by atoms with Crippen molar-refractivity contribution in [1.82, 2.24) is 9.29 Å². The molecule has 10 heteroatoms. The first-order valence-corrected chi connectivity index (χ1v) is 13.6. The van der Waals surface area contributed by atoms with Crippen molar-refractivity contribution < 1.29 is 13.2 Å². The van der Waals surface area contributed by atoms with Gasteiger partial charge in [0, 0.05) is 42.5 Å². The van der Waals surface area contributed by atoms with E-state index in [1.165, 1.54) is 15.9 Å². The van der Waals surface area contributed by atoms with Crippen molar-refractivity contribution in [3.8, 4) is 5.75 Å². The second kappa shape index (κ2) is 9.80. The maximum Gasteiger partial charge on any atom is 0.244 e. The summed E-state index contributed by atoms with van der Waals surface area (Å²) in [4.78, 5) is 7.08. The number of aryl methyl sites for hydroxylation is 1. The van der Waals surface area contributed by atoms with E-state index in [1.807, 2.05) is 12.1 Å². The van der Waals surface area contributed by atoms with Crippen molar-refractivity contribution in [3.05, 3.63) is 68.6 Å². The molecule has 176 valence electrons. The van der Waals surface area contributed by atoms with Gasteiger partial charge in [-0.15, -0.1) is 11.3 Å². The Hall–Kier alpha value is -1.84. The van der Waals surface area contributed by atoms with Gasteiger partial charge in [0.05, 0.1) is 17.8 Å². The van der Waals surface area contributed by atoms with Crippen molar-refractivity contribution >= 4 is 49.7 Å². The fraction of sp³-hybridized carbons (Fsp3) is 0.348. The molecule has 1 aliphatic heterocycles. The number of benzene rings is 2. The number of ether oxygens (including phenoxy) is 1. The lowest BCUT2D eigenvalue weighted by Gasteiger charge is -2.34. The molecule has 1 aromatic heterocycles. The van der Waals surface area contributed by atoms with Crippen LogP contribution in [0.3, 0.4) is 0 Å². The molecule has 1 saturated heterocycles. The number of halogens is 2. The van der Waals surface area contributed by atoms with Gasteiger partial charge in [0.15, 0.2) is 5.13 Å². The summed E-state index contributed by atoms with van der Waals surface area (Å²) in [6, 6.07) is 11.0. The molecule has 0 bridgehead atoms. The van der Waals surface area contributed by atoms with Gasteiger partial charge < -0.3 is 9.64 Å². The molecule has 0 amide bonds. The number of anilines is 1. The van der Waals surface area contributed by atoms with Gasteiger partial charge in [-0.2, -0.15) is 4.31 Å². The average molecular weight is 527 g/mol. The lowest BCUT2D eigenvalue weighted by atomic mass is 9.99. The summed E-state index contributed by atoms with van der Waals surface area (Å²) < 4.78 is 33.1. The molecular weight excluding hydrogens is 501 g/mol. The largest absolute Gasteiger partial charge is 0.497 e. The molecule has 0 radical (unpaired) electrons.